The fourth-order valence-electron chi connectivity index (χ4n) is 1.47. The van der Waals surface area contributed by atoms with Crippen LogP contribution in [0.2, 0.25) is 0 Å². The Hall–Kier alpha value is -1.72. The van der Waals surface area contributed by atoms with Crippen LogP contribution in [0.4, 0.5) is 8.78 Å². The Balaban J connectivity index is 3.23. The molecule has 0 amide bonds. The van der Waals surface area contributed by atoms with Gasteiger partial charge in [0, 0.05) is 6.20 Å². The molecule has 0 bridgehead atoms. The molecule has 0 fully saturated rings. The zero-order valence-corrected chi connectivity index (χ0v) is 9.79. The van der Waals surface area contributed by atoms with Crippen LogP contribution in [-0.4, -0.2) is 25.2 Å². The van der Waals surface area contributed by atoms with Crippen LogP contribution in [0, 0.1) is 6.92 Å². The Labute approximate surface area is 97.6 Å². The summed E-state index contributed by atoms with van der Waals surface area (Å²) in [6.07, 6.45) is -1.58. The van der Waals surface area contributed by atoms with Crippen molar-refractivity contribution in [2.45, 2.75) is 19.8 Å². The minimum atomic E-state index is -2.68. The number of methoxy groups -OCH3 is 2. The van der Waals surface area contributed by atoms with E-state index in [2.05, 4.69) is 9.72 Å². The maximum atomic E-state index is 12.9. The van der Waals surface area contributed by atoms with Gasteiger partial charge < -0.3 is 9.47 Å². The highest BCUT2D eigenvalue weighted by molar-refractivity contribution is 5.73. The summed E-state index contributed by atoms with van der Waals surface area (Å²) in [7, 11) is 2.49. The highest BCUT2D eigenvalue weighted by atomic mass is 19.3. The second kappa shape index (κ2) is 5.56. The van der Waals surface area contributed by atoms with Gasteiger partial charge in [-0.25, -0.2) is 8.78 Å². The highest BCUT2D eigenvalue weighted by Crippen LogP contribution is 2.33. The van der Waals surface area contributed by atoms with Crippen LogP contribution in [0.3, 0.4) is 0 Å². The van der Waals surface area contributed by atoms with Gasteiger partial charge >= 0.3 is 5.97 Å². The summed E-state index contributed by atoms with van der Waals surface area (Å²) >= 11 is 0. The minimum absolute atomic E-state index is 0.0506. The summed E-state index contributed by atoms with van der Waals surface area (Å²) in [5.74, 6) is -0.606. The average Bonchev–Trinajstić information content (AvgIpc) is 2.30. The molecule has 6 heteroatoms. The number of hydrogen-bond acceptors (Lipinski definition) is 4. The number of aromatic nitrogens is 1. The predicted octanol–water partition coefficient (Wildman–Crippen LogP) is 2.05. The van der Waals surface area contributed by atoms with Gasteiger partial charge in [-0.05, 0) is 12.5 Å². The zero-order valence-electron chi connectivity index (χ0n) is 9.79. The van der Waals surface area contributed by atoms with E-state index in [1.165, 1.54) is 27.3 Å². The van der Waals surface area contributed by atoms with E-state index in [1.807, 2.05) is 0 Å². The normalized spacial score (nSPS) is 10.5. The molecule has 1 aromatic rings. The fourth-order valence-corrected chi connectivity index (χ4v) is 1.47. The molecule has 0 spiro atoms. The molecule has 0 unspecified atom stereocenters. The molecular weight excluding hydrogens is 232 g/mol. The monoisotopic (exact) mass is 245 g/mol. The van der Waals surface area contributed by atoms with Crippen LogP contribution in [0.15, 0.2) is 6.20 Å². The lowest BCUT2D eigenvalue weighted by molar-refractivity contribution is -0.139. The van der Waals surface area contributed by atoms with Crippen molar-refractivity contribution in [3.8, 4) is 5.75 Å². The van der Waals surface area contributed by atoms with E-state index in [-0.39, 0.29) is 23.4 Å². The molecule has 0 N–H and O–H groups in total. The molecule has 0 radical (unpaired) electrons. The molecule has 0 atom stereocenters. The van der Waals surface area contributed by atoms with Crippen molar-refractivity contribution < 1.29 is 23.0 Å². The Kier molecular flexibility index (Phi) is 4.37. The molecule has 0 saturated carbocycles. The van der Waals surface area contributed by atoms with Crippen molar-refractivity contribution in [3.63, 3.8) is 0 Å². The van der Waals surface area contributed by atoms with E-state index >= 15 is 0 Å². The van der Waals surface area contributed by atoms with Gasteiger partial charge in [0.05, 0.1) is 31.9 Å². The molecule has 4 nitrogen and oxygen atoms in total. The highest BCUT2D eigenvalue weighted by Gasteiger charge is 2.22. The molecular formula is C11H13F2NO3. The van der Waals surface area contributed by atoms with E-state index in [0.717, 1.165) is 0 Å². The van der Waals surface area contributed by atoms with Gasteiger partial charge in [0.1, 0.15) is 5.75 Å². The lowest BCUT2D eigenvalue weighted by atomic mass is 10.1. The average molecular weight is 245 g/mol. The SMILES string of the molecule is COC(=O)Cc1ncc(C)c(C(F)F)c1OC. The number of aryl methyl sites for hydroxylation is 1. The maximum absolute atomic E-state index is 12.9. The summed E-state index contributed by atoms with van der Waals surface area (Å²) in [6, 6.07) is 0. The van der Waals surface area contributed by atoms with Gasteiger partial charge in [0.25, 0.3) is 6.43 Å². The number of nitrogens with zero attached hydrogens (tertiary/aromatic N) is 1. The Morgan fingerprint density at radius 1 is 1.47 bits per heavy atom. The third-order valence-electron chi connectivity index (χ3n) is 2.31. The molecule has 94 valence electrons. The van der Waals surface area contributed by atoms with Gasteiger partial charge in [0.15, 0.2) is 0 Å². The Bertz CT molecular complexity index is 421. The van der Waals surface area contributed by atoms with Crippen LogP contribution in [0.1, 0.15) is 23.2 Å². The Morgan fingerprint density at radius 2 is 2.12 bits per heavy atom. The van der Waals surface area contributed by atoms with E-state index < -0.39 is 12.4 Å². The molecule has 0 saturated heterocycles. The lowest BCUT2D eigenvalue weighted by Gasteiger charge is -2.13. The molecule has 1 rings (SSSR count). The van der Waals surface area contributed by atoms with Crippen molar-refractivity contribution in [2.24, 2.45) is 0 Å². The predicted molar refractivity (Wildman–Crippen MR) is 56.2 cm³/mol. The van der Waals surface area contributed by atoms with Gasteiger partial charge in [0.2, 0.25) is 0 Å². The first-order valence-corrected chi connectivity index (χ1v) is 4.88. The number of pyridine rings is 1. The second-order valence-electron chi connectivity index (χ2n) is 3.39. The number of halogens is 2. The molecule has 0 aliphatic heterocycles. The number of carbonyl (C=O) groups is 1. The minimum Gasteiger partial charge on any atom is -0.494 e. The summed E-state index contributed by atoms with van der Waals surface area (Å²) in [6.45, 7) is 1.51. The molecule has 17 heavy (non-hydrogen) atoms. The second-order valence-corrected chi connectivity index (χ2v) is 3.39. The van der Waals surface area contributed by atoms with Crippen LogP contribution in [-0.2, 0) is 16.0 Å². The van der Waals surface area contributed by atoms with E-state index in [9.17, 15) is 13.6 Å². The van der Waals surface area contributed by atoms with Crippen molar-refractivity contribution in [1.82, 2.24) is 4.98 Å². The van der Waals surface area contributed by atoms with E-state index in [1.54, 1.807) is 0 Å². The maximum Gasteiger partial charge on any atom is 0.311 e. The summed E-state index contributed by atoms with van der Waals surface area (Å²) in [5, 5.41) is 0. The van der Waals surface area contributed by atoms with Gasteiger partial charge in [-0.1, -0.05) is 0 Å². The number of carbonyl (C=O) groups excluding carboxylic acids is 1. The summed E-state index contributed by atoms with van der Waals surface area (Å²) < 4.78 is 35.1. The first kappa shape index (κ1) is 13.3. The third-order valence-corrected chi connectivity index (χ3v) is 2.31. The van der Waals surface area contributed by atoms with E-state index in [4.69, 9.17) is 4.74 Å². The largest absolute Gasteiger partial charge is 0.494 e. The van der Waals surface area contributed by atoms with Gasteiger partial charge in [-0.15, -0.1) is 0 Å². The summed E-state index contributed by atoms with van der Waals surface area (Å²) in [4.78, 5) is 15.0. The van der Waals surface area contributed by atoms with Crippen molar-refractivity contribution in [3.05, 3.63) is 23.0 Å². The quantitative estimate of drug-likeness (QED) is 0.762. The first-order valence-electron chi connectivity index (χ1n) is 4.88. The van der Waals surface area contributed by atoms with E-state index in [0.29, 0.717) is 5.56 Å². The summed E-state index contributed by atoms with van der Waals surface area (Å²) in [5.41, 5.74) is 0.243. The standard InChI is InChI=1S/C11H13F2NO3/c1-6-5-14-7(4-8(15)16-2)10(17-3)9(6)11(12)13/h5,11H,4H2,1-3H3. The molecule has 1 heterocycles. The van der Waals surface area contributed by atoms with Crippen molar-refractivity contribution in [1.29, 1.82) is 0 Å². The number of ether oxygens (including phenoxy) is 2. The molecule has 0 aliphatic carbocycles. The van der Waals surface area contributed by atoms with Crippen LogP contribution in [0.25, 0.3) is 0 Å². The molecule has 0 aromatic carbocycles. The Morgan fingerprint density at radius 3 is 2.59 bits per heavy atom. The van der Waals surface area contributed by atoms with Crippen LogP contribution < -0.4 is 4.74 Å². The van der Waals surface area contributed by atoms with Gasteiger partial charge in [-0.3, -0.25) is 9.78 Å². The van der Waals surface area contributed by atoms with Crippen LogP contribution >= 0.6 is 0 Å². The van der Waals surface area contributed by atoms with Crippen LogP contribution in [0.5, 0.6) is 5.75 Å². The number of esters is 1. The zero-order chi connectivity index (χ0) is 13.0. The number of hydrogen-bond donors (Lipinski definition) is 0. The number of alkyl halides is 2. The van der Waals surface area contributed by atoms with Gasteiger partial charge in [-0.2, -0.15) is 0 Å². The first-order chi connectivity index (χ1) is 8.01. The number of rotatable bonds is 4. The smallest absolute Gasteiger partial charge is 0.311 e. The fraction of sp³-hybridized carbons (Fsp3) is 0.455. The molecule has 1 aromatic heterocycles. The van der Waals surface area contributed by atoms with Crippen molar-refractivity contribution >= 4 is 5.97 Å². The van der Waals surface area contributed by atoms with Crippen molar-refractivity contribution in [2.75, 3.05) is 14.2 Å². The third kappa shape index (κ3) is 2.89. The lowest BCUT2D eigenvalue weighted by Crippen LogP contribution is -2.10. The molecule has 0 aliphatic rings. The topological polar surface area (TPSA) is 48.4 Å².